The second kappa shape index (κ2) is 4.51. The van der Waals surface area contributed by atoms with E-state index in [4.69, 9.17) is 11.6 Å². The molecule has 0 spiro atoms. The van der Waals surface area contributed by atoms with E-state index in [1.807, 2.05) is 0 Å². The van der Waals surface area contributed by atoms with E-state index in [1.165, 1.54) is 6.07 Å². The first kappa shape index (κ1) is 13.3. The molecule has 4 heteroatoms. The average Bonchev–Trinajstić information content (AvgIpc) is 2.31. The Bertz CT molecular complexity index is 457. The minimum Gasteiger partial charge on any atom is -0.207 e. The number of benzene rings is 1. The van der Waals surface area contributed by atoms with Gasteiger partial charge >= 0.3 is 0 Å². The minimum absolute atomic E-state index is 0.0107. The third-order valence-electron chi connectivity index (χ3n) is 3.41. The maximum Gasteiger partial charge on any atom is 0.142 e. The Labute approximate surface area is 113 Å². The Morgan fingerprint density at radius 2 is 2.06 bits per heavy atom. The van der Waals surface area contributed by atoms with E-state index < -0.39 is 11.2 Å². The van der Waals surface area contributed by atoms with Crippen molar-refractivity contribution in [3.05, 3.63) is 33.3 Å². The number of rotatable bonds is 0. The Hall–Kier alpha value is -0.150. The van der Waals surface area contributed by atoms with Crippen molar-refractivity contribution in [3.63, 3.8) is 0 Å². The Morgan fingerprint density at radius 3 is 2.71 bits per heavy atom. The molecule has 2 rings (SSSR count). The first-order valence-electron chi connectivity index (χ1n) is 5.62. The van der Waals surface area contributed by atoms with Gasteiger partial charge in [-0.15, -0.1) is 11.6 Å². The van der Waals surface area contributed by atoms with E-state index in [9.17, 15) is 8.78 Å². The van der Waals surface area contributed by atoms with Gasteiger partial charge < -0.3 is 0 Å². The molecule has 0 nitrogen and oxygen atoms in total. The molecule has 17 heavy (non-hydrogen) atoms. The van der Waals surface area contributed by atoms with Crippen molar-refractivity contribution >= 4 is 27.5 Å². The van der Waals surface area contributed by atoms with Gasteiger partial charge in [0.15, 0.2) is 0 Å². The number of hydrogen-bond donors (Lipinski definition) is 0. The van der Waals surface area contributed by atoms with Crippen molar-refractivity contribution in [3.8, 4) is 0 Å². The van der Waals surface area contributed by atoms with E-state index in [1.54, 1.807) is 0 Å². The molecule has 0 bridgehead atoms. The van der Waals surface area contributed by atoms with E-state index in [0.29, 0.717) is 24.0 Å². The Kier molecular flexibility index (Phi) is 3.52. The summed E-state index contributed by atoms with van der Waals surface area (Å²) in [6.45, 7) is 4.16. The van der Waals surface area contributed by atoms with Crippen LogP contribution < -0.4 is 0 Å². The molecule has 1 aliphatic carbocycles. The lowest BCUT2D eigenvalue weighted by Crippen LogP contribution is -2.12. The van der Waals surface area contributed by atoms with Crippen LogP contribution >= 0.6 is 27.5 Å². The fourth-order valence-electron chi connectivity index (χ4n) is 2.38. The van der Waals surface area contributed by atoms with Crippen LogP contribution in [0, 0.1) is 17.0 Å². The lowest BCUT2D eigenvalue weighted by atomic mass is 9.84. The summed E-state index contributed by atoms with van der Waals surface area (Å²) in [4.78, 5) is 0. The maximum atomic E-state index is 14.0. The molecule has 0 N–H and O–H groups in total. The van der Waals surface area contributed by atoms with Gasteiger partial charge in [0.1, 0.15) is 11.6 Å². The molecule has 0 radical (unpaired) electrons. The molecule has 1 unspecified atom stereocenters. The van der Waals surface area contributed by atoms with Gasteiger partial charge in [-0.3, -0.25) is 0 Å². The number of fused-ring (bicyclic) bond motifs is 1. The van der Waals surface area contributed by atoms with E-state index >= 15 is 0 Å². The average molecular weight is 324 g/mol. The zero-order valence-corrected chi connectivity index (χ0v) is 12.1. The lowest BCUT2D eigenvalue weighted by molar-refractivity contribution is 0.312. The zero-order chi connectivity index (χ0) is 12.8. The van der Waals surface area contributed by atoms with Crippen LogP contribution in [-0.2, 0) is 6.42 Å². The molecular formula is C13H14BrClF2. The summed E-state index contributed by atoms with van der Waals surface area (Å²) in [6, 6.07) is 1.19. The van der Waals surface area contributed by atoms with Crippen molar-refractivity contribution < 1.29 is 8.78 Å². The van der Waals surface area contributed by atoms with Crippen molar-refractivity contribution in [2.24, 2.45) is 5.41 Å². The first-order chi connectivity index (χ1) is 7.82. The SMILES string of the molecule is CC1(C)CCc2c(F)cc(Br)c(F)c2C(Cl)C1. The van der Waals surface area contributed by atoms with Gasteiger partial charge in [0, 0.05) is 5.56 Å². The largest absolute Gasteiger partial charge is 0.207 e. The molecule has 0 aliphatic heterocycles. The third-order valence-corrected chi connectivity index (χ3v) is 4.36. The number of alkyl halides is 1. The van der Waals surface area contributed by atoms with Crippen LogP contribution in [0.2, 0.25) is 0 Å². The van der Waals surface area contributed by atoms with Gasteiger partial charge in [-0.1, -0.05) is 13.8 Å². The van der Waals surface area contributed by atoms with Crippen LogP contribution in [0.3, 0.4) is 0 Å². The summed E-state index contributed by atoms with van der Waals surface area (Å²) in [5, 5.41) is -0.463. The monoisotopic (exact) mass is 322 g/mol. The summed E-state index contributed by atoms with van der Waals surface area (Å²) in [6.07, 6.45) is 2.02. The molecule has 1 aliphatic rings. The second-order valence-electron chi connectivity index (χ2n) is 5.38. The summed E-state index contributed by atoms with van der Waals surface area (Å²) in [7, 11) is 0. The highest BCUT2D eigenvalue weighted by atomic mass is 79.9. The topological polar surface area (TPSA) is 0 Å². The first-order valence-corrected chi connectivity index (χ1v) is 6.85. The molecular weight excluding hydrogens is 309 g/mol. The van der Waals surface area contributed by atoms with Gasteiger partial charge in [0.05, 0.1) is 9.85 Å². The molecule has 0 saturated heterocycles. The molecule has 1 atom stereocenters. The summed E-state index contributed by atoms with van der Waals surface area (Å²) >= 11 is 9.29. The van der Waals surface area contributed by atoms with Gasteiger partial charge in [-0.2, -0.15) is 0 Å². The molecule has 0 aromatic heterocycles. The van der Waals surface area contributed by atoms with Crippen molar-refractivity contribution in [2.45, 2.75) is 38.5 Å². The number of halogens is 4. The quantitative estimate of drug-likeness (QED) is 0.342. The summed E-state index contributed by atoms with van der Waals surface area (Å²) < 4.78 is 28.1. The van der Waals surface area contributed by atoms with E-state index in [0.717, 1.165) is 6.42 Å². The molecule has 0 amide bonds. The summed E-state index contributed by atoms with van der Waals surface area (Å²) in [5.74, 6) is -0.782. The van der Waals surface area contributed by atoms with Gasteiger partial charge in [0.25, 0.3) is 0 Å². The molecule has 1 aromatic rings. The van der Waals surface area contributed by atoms with Crippen LogP contribution in [-0.4, -0.2) is 0 Å². The maximum absolute atomic E-state index is 14.0. The summed E-state index contributed by atoms with van der Waals surface area (Å²) in [5.41, 5.74) is 0.789. The van der Waals surface area contributed by atoms with E-state index in [-0.39, 0.29) is 15.7 Å². The third kappa shape index (κ3) is 2.50. The Balaban J connectivity index is 2.59. The van der Waals surface area contributed by atoms with Crippen LogP contribution in [0.4, 0.5) is 8.78 Å². The fraction of sp³-hybridized carbons (Fsp3) is 0.538. The standard InChI is InChI=1S/C13H14BrClF2/c1-13(2)4-3-7-10(16)5-8(14)12(17)11(7)9(15)6-13/h5,9H,3-4,6H2,1-2H3. The fourth-order valence-corrected chi connectivity index (χ4v) is 3.44. The Morgan fingerprint density at radius 1 is 1.41 bits per heavy atom. The van der Waals surface area contributed by atoms with Gasteiger partial charge in [-0.05, 0) is 52.2 Å². The van der Waals surface area contributed by atoms with Crippen molar-refractivity contribution in [1.29, 1.82) is 0 Å². The second-order valence-corrected chi connectivity index (χ2v) is 6.76. The molecule has 0 saturated carbocycles. The van der Waals surface area contributed by atoms with Crippen LogP contribution in [0.15, 0.2) is 10.5 Å². The van der Waals surface area contributed by atoms with E-state index in [2.05, 4.69) is 29.8 Å². The van der Waals surface area contributed by atoms with Crippen LogP contribution in [0.5, 0.6) is 0 Å². The smallest absolute Gasteiger partial charge is 0.142 e. The van der Waals surface area contributed by atoms with Gasteiger partial charge in [0.2, 0.25) is 0 Å². The molecule has 1 aromatic carbocycles. The highest BCUT2D eigenvalue weighted by Gasteiger charge is 2.32. The normalized spacial score (nSPS) is 23.1. The molecule has 0 heterocycles. The van der Waals surface area contributed by atoms with Crippen molar-refractivity contribution in [2.75, 3.05) is 0 Å². The van der Waals surface area contributed by atoms with Crippen LogP contribution in [0.25, 0.3) is 0 Å². The molecule has 94 valence electrons. The molecule has 0 fully saturated rings. The van der Waals surface area contributed by atoms with Crippen molar-refractivity contribution in [1.82, 2.24) is 0 Å². The predicted molar refractivity (Wildman–Crippen MR) is 69.4 cm³/mol. The number of hydrogen-bond acceptors (Lipinski definition) is 0. The van der Waals surface area contributed by atoms with Gasteiger partial charge in [-0.25, -0.2) is 8.78 Å². The lowest BCUT2D eigenvalue weighted by Gasteiger charge is -2.23. The zero-order valence-electron chi connectivity index (χ0n) is 9.79. The predicted octanol–water partition coefficient (Wildman–Crippen LogP) is 5.37. The minimum atomic E-state index is -0.463. The highest BCUT2D eigenvalue weighted by Crippen LogP contribution is 2.45. The highest BCUT2D eigenvalue weighted by molar-refractivity contribution is 9.10. The van der Waals surface area contributed by atoms with Crippen LogP contribution in [0.1, 0.15) is 43.2 Å².